The van der Waals surface area contributed by atoms with Gasteiger partial charge in [0.1, 0.15) is 11.9 Å². The highest BCUT2D eigenvalue weighted by Gasteiger charge is 2.47. The zero-order valence-electron chi connectivity index (χ0n) is 24.2. The zero-order valence-corrected chi connectivity index (χ0v) is 24.9. The van der Waals surface area contributed by atoms with Crippen molar-refractivity contribution in [2.24, 2.45) is 11.8 Å². The van der Waals surface area contributed by atoms with Gasteiger partial charge in [-0.2, -0.15) is 5.26 Å². The van der Waals surface area contributed by atoms with E-state index < -0.39 is 17.8 Å². The quantitative estimate of drug-likeness (QED) is 0.377. The first kappa shape index (κ1) is 31.0. The number of nitrogens with one attached hydrogen (secondary N) is 2. The Kier molecular flexibility index (Phi) is 9.23. The Morgan fingerprint density at radius 1 is 1.24 bits per heavy atom. The van der Waals surface area contributed by atoms with Crippen molar-refractivity contribution in [2.75, 3.05) is 57.6 Å². The van der Waals surface area contributed by atoms with Crippen molar-refractivity contribution in [3.63, 3.8) is 0 Å². The molecule has 10 nitrogen and oxygen atoms in total. The van der Waals surface area contributed by atoms with Crippen LogP contribution in [0.4, 0.5) is 26.1 Å². The van der Waals surface area contributed by atoms with Gasteiger partial charge in [0.2, 0.25) is 0 Å². The van der Waals surface area contributed by atoms with Gasteiger partial charge in [-0.15, -0.1) is 0 Å². The summed E-state index contributed by atoms with van der Waals surface area (Å²) < 4.78 is 36.2. The van der Waals surface area contributed by atoms with E-state index >= 15 is 0 Å². The molecule has 224 valence electrons. The summed E-state index contributed by atoms with van der Waals surface area (Å²) >= 11 is 6.49. The number of nitriles is 1. The molecule has 42 heavy (non-hydrogen) atoms. The van der Waals surface area contributed by atoms with Gasteiger partial charge in [0.25, 0.3) is 17.4 Å². The molecular weight excluding hydrogens is 568 g/mol. The summed E-state index contributed by atoms with van der Waals surface area (Å²) in [5.41, 5.74) is 1.08. The molecule has 1 fully saturated rings. The number of carbonyl (C=O) groups excluding carboxylic acids is 1. The smallest absolute Gasteiger partial charge is 0.293 e. The van der Waals surface area contributed by atoms with Crippen LogP contribution in [-0.4, -0.2) is 73.7 Å². The first-order chi connectivity index (χ1) is 19.8. The molecule has 3 heterocycles. The van der Waals surface area contributed by atoms with E-state index in [2.05, 4.69) is 21.7 Å². The molecule has 0 radical (unpaired) electrons. The second kappa shape index (κ2) is 12.5. The lowest BCUT2D eigenvalue weighted by atomic mass is 9.87. The molecule has 0 aliphatic carbocycles. The molecule has 4 rings (SSSR count). The molecule has 1 aliphatic rings. The predicted molar refractivity (Wildman–Crippen MR) is 159 cm³/mol. The molecule has 0 bridgehead atoms. The second-order valence-electron chi connectivity index (χ2n) is 10.8. The number of aromatic nitrogens is 2. The third kappa shape index (κ3) is 6.42. The van der Waals surface area contributed by atoms with Crippen LogP contribution in [0.5, 0.6) is 5.75 Å². The Morgan fingerprint density at radius 3 is 2.55 bits per heavy atom. The predicted octanol–water partition coefficient (Wildman–Crippen LogP) is 4.08. The summed E-state index contributed by atoms with van der Waals surface area (Å²) in [6.07, 6.45) is 0. The highest BCUT2D eigenvalue weighted by Crippen LogP contribution is 2.40. The average molecular weight is 602 g/mol. The van der Waals surface area contributed by atoms with Crippen LogP contribution >= 0.6 is 11.6 Å². The summed E-state index contributed by atoms with van der Waals surface area (Å²) in [5.74, 6) is -4.48. The topological polar surface area (TPSA) is 116 Å². The Hall–Kier alpha value is -3.95. The number of alkyl halides is 2. The van der Waals surface area contributed by atoms with Crippen LogP contribution in [0, 0.1) is 23.2 Å². The third-order valence-corrected chi connectivity index (χ3v) is 7.70. The third-order valence-electron chi connectivity index (χ3n) is 7.41. The number of carbonyl (C=O) groups is 1. The van der Waals surface area contributed by atoms with E-state index in [-0.39, 0.29) is 59.1 Å². The minimum Gasteiger partial charge on any atom is -0.478 e. The maximum atomic E-state index is 14.5. The van der Waals surface area contributed by atoms with Crippen molar-refractivity contribution in [2.45, 2.75) is 26.3 Å². The fraction of sp³-hybridized carbons (Fsp3) is 0.448. The molecule has 2 aromatic heterocycles. The van der Waals surface area contributed by atoms with Crippen molar-refractivity contribution in [3.05, 3.63) is 51.3 Å². The number of nitrogens with zero attached hydrogens (tertiary/aromatic N) is 5. The zero-order chi connectivity index (χ0) is 30.8. The number of anilines is 3. The summed E-state index contributed by atoms with van der Waals surface area (Å²) in [5, 5.41) is 16.2. The van der Waals surface area contributed by atoms with Crippen LogP contribution in [0.15, 0.2) is 35.1 Å². The van der Waals surface area contributed by atoms with Gasteiger partial charge < -0.3 is 29.7 Å². The fourth-order valence-electron chi connectivity index (χ4n) is 4.94. The Bertz CT molecular complexity index is 1570. The largest absolute Gasteiger partial charge is 0.478 e. The highest BCUT2D eigenvalue weighted by molar-refractivity contribution is 6.33. The number of pyridine rings is 2. The number of halogens is 3. The average Bonchev–Trinajstić information content (AvgIpc) is 2.94. The second-order valence-corrected chi connectivity index (χ2v) is 11.2. The summed E-state index contributed by atoms with van der Waals surface area (Å²) in [6.45, 7) is 3.74. The number of amides is 1. The van der Waals surface area contributed by atoms with Crippen LogP contribution < -0.4 is 25.8 Å². The van der Waals surface area contributed by atoms with E-state index in [1.165, 1.54) is 27.0 Å². The van der Waals surface area contributed by atoms with Crippen LogP contribution in [0.1, 0.15) is 19.4 Å². The SMILES string of the molecule is CNC(=O)COc1cc2cc(Nc3nc(N4C[C@@H](C)C(F)(F)[C@@H](C)C4)c(C#N)cc3Cl)ccc2n(CCN(C)C)c1=O. The number of piperidine rings is 1. The number of benzene rings is 1. The van der Waals surface area contributed by atoms with Gasteiger partial charge in [-0.3, -0.25) is 9.59 Å². The molecule has 13 heteroatoms. The van der Waals surface area contributed by atoms with Crippen LogP contribution in [0.25, 0.3) is 10.9 Å². The fourth-order valence-corrected chi connectivity index (χ4v) is 5.14. The highest BCUT2D eigenvalue weighted by atomic mass is 35.5. The molecular formula is C29H34ClF2N7O3. The maximum Gasteiger partial charge on any atom is 0.293 e. The molecule has 0 spiro atoms. The normalized spacial score (nSPS) is 18.1. The molecule has 1 aromatic carbocycles. The summed E-state index contributed by atoms with van der Waals surface area (Å²) in [4.78, 5) is 33.2. The van der Waals surface area contributed by atoms with E-state index in [0.29, 0.717) is 29.7 Å². The van der Waals surface area contributed by atoms with Gasteiger partial charge >= 0.3 is 0 Å². The minimum absolute atomic E-state index is 0.0314. The molecule has 0 saturated carbocycles. The number of rotatable bonds is 9. The van der Waals surface area contributed by atoms with Crippen molar-refractivity contribution in [1.29, 1.82) is 5.26 Å². The lowest BCUT2D eigenvalue weighted by Gasteiger charge is -2.42. The molecule has 2 N–H and O–H groups in total. The maximum absolute atomic E-state index is 14.5. The van der Waals surface area contributed by atoms with Crippen molar-refractivity contribution in [3.8, 4) is 11.8 Å². The molecule has 1 saturated heterocycles. The van der Waals surface area contributed by atoms with E-state index in [9.17, 15) is 23.6 Å². The summed E-state index contributed by atoms with van der Waals surface area (Å²) in [7, 11) is 5.29. The van der Waals surface area contributed by atoms with Gasteiger partial charge in [-0.25, -0.2) is 13.8 Å². The van der Waals surface area contributed by atoms with Crippen molar-refractivity contribution < 1.29 is 18.3 Å². The monoisotopic (exact) mass is 601 g/mol. The van der Waals surface area contributed by atoms with E-state index in [1.54, 1.807) is 33.7 Å². The van der Waals surface area contributed by atoms with Gasteiger partial charge in [0.05, 0.1) is 16.1 Å². The van der Waals surface area contributed by atoms with E-state index in [1.807, 2.05) is 19.0 Å². The van der Waals surface area contributed by atoms with Gasteiger partial charge in [0, 0.05) is 56.1 Å². The van der Waals surface area contributed by atoms with Crippen LogP contribution in [-0.2, 0) is 11.3 Å². The van der Waals surface area contributed by atoms with Crippen LogP contribution in [0.3, 0.4) is 0 Å². The summed E-state index contributed by atoms with van der Waals surface area (Å²) in [6, 6.07) is 10.5. The van der Waals surface area contributed by atoms with E-state index in [4.69, 9.17) is 16.3 Å². The van der Waals surface area contributed by atoms with Gasteiger partial charge in [0.15, 0.2) is 18.2 Å². The minimum atomic E-state index is -2.82. The lowest BCUT2D eigenvalue weighted by molar-refractivity contribution is -0.122. The van der Waals surface area contributed by atoms with Crippen molar-refractivity contribution >= 4 is 45.7 Å². The number of ether oxygens (including phenoxy) is 1. The van der Waals surface area contributed by atoms with E-state index in [0.717, 1.165) is 0 Å². The van der Waals surface area contributed by atoms with Gasteiger partial charge in [-0.1, -0.05) is 25.4 Å². The Morgan fingerprint density at radius 2 is 1.93 bits per heavy atom. The standard InChI is InChI=1S/C29H34ClF2N7O3/c1-17-14-38(15-18(2)29(17,31)32)27-20(13-33)11-22(30)26(36-27)35-21-6-7-23-19(10-21)12-24(42-16-25(40)34-3)28(41)39(23)9-8-37(4)5/h6-7,10-12,17-18H,8-9,14-16H2,1-5H3,(H,34,40)(H,35,36)/t17-,18+. The first-order valence-electron chi connectivity index (χ1n) is 13.5. The molecule has 0 unspecified atom stereocenters. The number of hydrogen-bond acceptors (Lipinski definition) is 8. The number of hydrogen-bond donors (Lipinski definition) is 2. The number of likely N-dealkylation sites (N-methyl/N-ethyl adjacent to an activating group) is 2. The molecule has 3 aromatic rings. The van der Waals surface area contributed by atoms with Crippen LogP contribution in [0.2, 0.25) is 5.02 Å². The molecule has 1 amide bonds. The van der Waals surface area contributed by atoms with Gasteiger partial charge in [-0.05, 0) is 44.4 Å². The van der Waals surface area contributed by atoms with Crippen molar-refractivity contribution in [1.82, 2.24) is 19.8 Å². The molecule has 2 atom stereocenters. The number of fused-ring (bicyclic) bond motifs is 1. The molecule has 1 aliphatic heterocycles. The lowest BCUT2D eigenvalue weighted by Crippen LogP contribution is -2.52. The first-order valence-corrected chi connectivity index (χ1v) is 13.9. The Balaban J connectivity index is 1.72. The Labute approximate surface area is 247 Å².